The van der Waals surface area contributed by atoms with Crippen LogP contribution in [0.1, 0.15) is 12.7 Å². The molecule has 0 unspecified atom stereocenters. The molecule has 0 aliphatic heterocycles. The highest BCUT2D eigenvalue weighted by molar-refractivity contribution is 5.82. The smallest absolute Gasteiger partial charge is 0.153 e. The van der Waals surface area contributed by atoms with Crippen molar-refractivity contribution in [3.05, 3.63) is 30.5 Å². The SMILES string of the molecule is CCn1c(C(C#N)=CN(C)C)nc2cnccc21. The van der Waals surface area contributed by atoms with Gasteiger partial charge in [0, 0.05) is 33.0 Å². The Kier molecular flexibility index (Phi) is 3.28. The molecular weight excluding hydrogens is 226 g/mol. The first-order valence-electron chi connectivity index (χ1n) is 5.76. The van der Waals surface area contributed by atoms with Crippen molar-refractivity contribution >= 4 is 16.6 Å². The normalized spacial score (nSPS) is 11.6. The van der Waals surface area contributed by atoms with Crippen LogP contribution in [0.25, 0.3) is 16.6 Å². The molecule has 5 nitrogen and oxygen atoms in total. The highest BCUT2D eigenvalue weighted by atomic mass is 15.1. The van der Waals surface area contributed by atoms with Crippen LogP contribution in [0.3, 0.4) is 0 Å². The maximum absolute atomic E-state index is 9.26. The van der Waals surface area contributed by atoms with Gasteiger partial charge in [0.2, 0.25) is 0 Å². The molecular formula is C13H15N5. The Bertz CT molecular complexity index is 630. The third-order valence-corrected chi connectivity index (χ3v) is 2.62. The van der Waals surface area contributed by atoms with E-state index in [9.17, 15) is 5.26 Å². The molecule has 0 fully saturated rings. The fourth-order valence-corrected chi connectivity index (χ4v) is 1.90. The summed E-state index contributed by atoms with van der Waals surface area (Å²) >= 11 is 0. The quantitative estimate of drug-likeness (QED) is 0.770. The lowest BCUT2D eigenvalue weighted by Crippen LogP contribution is -2.06. The Hall–Kier alpha value is -2.35. The van der Waals surface area contributed by atoms with Crippen LogP contribution in [-0.4, -0.2) is 33.5 Å². The third-order valence-electron chi connectivity index (χ3n) is 2.62. The minimum atomic E-state index is 0.554. The summed E-state index contributed by atoms with van der Waals surface area (Å²) in [4.78, 5) is 10.4. The molecule has 0 bridgehead atoms. The molecule has 0 aliphatic carbocycles. The van der Waals surface area contributed by atoms with Crippen LogP contribution in [0, 0.1) is 11.3 Å². The number of nitriles is 1. The minimum absolute atomic E-state index is 0.554. The van der Waals surface area contributed by atoms with E-state index >= 15 is 0 Å². The molecule has 0 atom stereocenters. The Labute approximate surface area is 106 Å². The van der Waals surface area contributed by atoms with E-state index in [0.29, 0.717) is 11.4 Å². The molecule has 0 aromatic carbocycles. The van der Waals surface area contributed by atoms with Gasteiger partial charge < -0.3 is 9.47 Å². The summed E-state index contributed by atoms with van der Waals surface area (Å²) in [6, 6.07) is 4.12. The summed E-state index contributed by atoms with van der Waals surface area (Å²) in [6.07, 6.45) is 5.23. The van der Waals surface area contributed by atoms with Crippen LogP contribution in [0.2, 0.25) is 0 Å². The summed E-state index contributed by atoms with van der Waals surface area (Å²) in [5.41, 5.74) is 2.37. The van der Waals surface area contributed by atoms with Gasteiger partial charge in [-0.25, -0.2) is 4.98 Å². The highest BCUT2D eigenvalue weighted by Crippen LogP contribution is 2.20. The Morgan fingerprint density at radius 2 is 2.33 bits per heavy atom. The van der Waals surface area contributed by atoms with Gasteiger partial charge >= 0.3 is 0 Å². The lowest BCUT2D eigenvalue weighted by Gasteiger charge is -2.08. The summed E-state index contributed by atoms with van der Waals surface area (Å²) < 4.78 is 2.02. The molecule has 2 heterocycles. The van der Waals surface area contributed by atoms with Crippen LogP contribution >= 0.6 is 0 Å². The van der Waals surface area contributed by atoms with Gasteiger partial charge in [-0.15, -0.1) is 0 Å². The lowest BCUT2D eigenvalue weighted by atomic mass is 10.3. The number of allylic oxidation sites excluding steroid dienone is 1. The van der Waals surface area contributed by atoms with Gasteiger partial charge in [0.15, 0.2) is 5.82 Å². The number of aromatic nitrogens is 3. The summed E-state index contributed by atoms with van der Waals surface area (Å²) in [6.45, 7) is 2.80. The molecule has 2 aromatic heterocycles. The average Bonchev–Trinajstić information content (AvgIpc) is 2.73. The molecule has 18 heavy (non-hydrogen) atoms. The lowest BCUT2D eigenvalue weighted by molar-refractivity contribution is 0.565. The monoisotopic (exact) mass is 241 g/mol. The first kappa shape index (κ1) is 12.1. The zero-order valence-electron chi connectivity index (χ0n) is 10.8. The molecule has 0 saturated heterocycles. The van der Waals surface area contributed by atoms with Gasteiger partial charge in [0.1, 0.15) is 17.2 Å². The molecule has 92 valence electrons. The first-order chi connectivity index (χ1) is 8.67. The van der Waals surface area contributed by atoms with Crippen LogP contribution in [0.4, 0.5) is 0 Å². The van der Waals surface area contributed by atoms with E-state index in [1.807, 2.05) is 36.6 Å². The Balaban J connectivity index is 2.67. The van der Waals surface area contributed by atoms with Gasteiger partial charge in [0.05, 0.1) is 11.7 Å². The van der Waals surface area contributed by atoms with E-state index in [4.69, 9.17) is 0 Å². The molecule has 0 saturated carbocycles. The molecule has 0 N–H and O–H groups in total. The maximum atomic E-state index is 9.26. The second-order valence-corrected chi connectivity index (χ2v) is 4.16. The summed E-state index contributed by atoms with van der Waals surface area (Å²) in [5.74, 6) is 0.691. The zero-order valence-corrected chi connectivity index (χ0v) is 10.8. The van der Waals surface area contributed by atoms with Crippen molar-refractivity contribution in [2.45, 2.75) is 13.5 Å². The molecule has 0 spiro atoms. The number of imidazole rings is 1. The van der Waals surface area contributed by atoms with E-state index in [0.717, 1.165) is 17.6 Å². The molecule has 0 amide bonds. The van der Waals surface area contributed by atoms with Gasteiger partial charge in [-0.3, -0.25) is 4.98 Å². The van der Waals surface area contributed by atoms with Crippen molar-refractivity contribution in [2.24, 2.45) is 0 Å². The van der Waals surface area contributed by atoms with Gasteiger partial charge in [0.25, 0.3) is 0 Å². The standard InChI is InChI=1S/C13H15N5/c1-4-18-12-5-6-15-8-11(12)16-13(18)10(7-14)9-17(2)3/h5-6,8-9H,4H2,1-3H3. The molecule has 2 aromatic rings. The predicted octanol–water partition coefficient (Wildman–Crippen LogP) is 1.88. The molecule has 2 rings (SSSR count). The Morgan fingerprint density at radius 1 is 1.56 bits per heavy atom. The van der Waals surface area contributed by atoms with Gasteiger partial charge in [-0.1, -0.05) is 0 Å². The van der Waals surface area contributed by atoms with Crippen molar-refractivity contribution < 1.29 is 0 Å². The minimum Gasteiger partial charge on any atom is -0.382 e. The number of aryl methyl sites for hydroxylation is 1. The molecule has 0 aliphatic rings. The second-order valence-electron chi connectivity index (χ2n) is 4.16. The fourth-order valence-electron chi connectivity index (χ4n) is 1.90. The topological polar surface area (TPSA) is 57.7 Å². The third kappa shape index (κ3) is 2.05. The number of nitrogens with zero attached hydrogens (tertiary/aromatic N) is 5. The van der Waals surface area contributed by atoms with E-state index in [1.54, 1.807) is 18.6 Å². The second kappa shape index (κ2) is 4.88. The largest absolute Gasteiger partial charge is 0.382 e. The van der Waals surface area contributed by atoms with E-state index in [2.05, 4.69) is 16.0 Å². The number of rotatable bonds is 3. The van der Waals surface area contributed by atoms with Crippen molar-refractivity contribution in [3.63, 3.8) is 0 Å². The van der Waals surface area contributed by atoms with Crippen LogP contribution in [-0.2, 0) is 6.54 Å². The van der Waals surface area contributed by atoms with Crippen molar-refractivity contribution in [3.8, 4) is 6.07 Å². The molecule has 0 radical (unpaired) electrons. The highest BCUT2D eigenvalue weighted by Gasteiger charge is 2.13. The number of hydrogen-bond acceptors (Lipinski definition) is 4. The maximum Gasteiger partial charge on any atom is 0.153 e. The Morgan fingerprint density at radius 3 is 2.94 bits per heavy atom. The zero-order chi connectivity index (χ0) is 13.1. The van der Waals surface area contributed by atoms with Gasteiger partial charge in [-0.05, 0) is 13.0 Å². The van der Waals surface area contributed by atoms with E-state index < -0.39 is 0 Å². The number of pyridine rings is 1. The predicted molar refractivity (Wildman–Crippen MR) is 70.5 cm³/mol. The van der Waals surface area contributed by atoms with Gasteiger partial charge in [-0.2, -0.15) is 5.26 Å². The van der Waals surface area contributed by atoms with Crippen LogP contribution in [0.5, 0.6) is 0 Å². The number of hydrogen-bond donors (Lipinski definition) is 0. The summed E-state index contributed by atoms with van der Waals surface area (Å²) in [7, 11) is 3.77. The average molecular weight is 241 g/mol. The first-order valence-corrected chi connectivity index (χ1v) is 5.76. The summed E-state index contributed by atoms with van der Waals surface area (Å²) in [5, 5.41) is 9.26. The fraction of sp³-hybridized carbons (Fsp3) is 0.308. The van der Waals surface area contributed by atoms with Crippen molar-refractivity contribution in [1.82, 2.24) is 19.4 Å². The van der Waals surface area contributed by atoms with Crippen molar-refractivity contribution in [1.29, 1.82) is 5.26 Å². The van der Waals surface area contributed by atoms with Crippen LogP contribution in [0.15, 0.2) is 24.7 Å². The van der Waals surface area contributed by atoms with E-state index in [-0.39, 0.29) is 0 Å². The van der Waals surface area contributed by atoms with Crippen molar-refractivity contribution in [2.75, 3.05) is 14.1 Å². The molecule has 5 heteroatoms. The van der Waals surface area contributed by atoms with Crippen LogP contribution < -0.4 is 0 Å². The van der Waals surface area contributed by atoms with E-state index in [1.165, 1.54) is 0 Å². The number of fused-ring (bicyclic) bond motifs is 1.